The minimum absolute atomic E-state index is 0.315. The van der Waals surface area contributed by atoms with Crippen LogP contribution in [0.1, 0.15) is 7.79 Å². The van der Waals surface area contributed by atoms with Crippen molar-refractivity contribution < 1.29 is 6.11 Å². The molecule has 0 heterocycles. The summed E-state index contributed by atoms with van der Waals surface area (Å²) >= 11 is 0. The van der Waals surface area contributed by atoms with Crippen LogP contribution in [0.2, 0.25) is 0 Å². The quantitative estimate of drug-likeness (QED) is 0.463. The van der Waals surface area contributed by atoms with Gasteiger partial charge in [-0.2, -0.15) is 0 Å². The Kier molecular flexibility index (Phi) is 1.25. The molecule has 3 rings (SSSR count). The van der Waals surface area contributed by atoms with Gasteiger partial charge in [0.1, 0.15) is 6.08 Å². The van der Waals surface area contributed by atoms with Crippen LogP contribution < -0.4 is 0 Å². The Morgan fingerprint density at radius 3 is 3.00 bits per heavy atom. The number of hydrogen-bond acceptors (Lipinski definition) is 1. The fraction of sp³-hybridized carbons (Fsp3) is 0.500. The zero-order valence-electron chi connectivity index (χ0n) is 8.52. The molecule has 0 spiro atoms. The van der Waals surface area contributed by atoms with E-state index in [1.807, 2.05) is 6.08 Å². The average Bonchev–Trinajstić information content (AvgIpc) is 2.78. The molecule has 0 aromatic heterocycles. The molecule has 0 aliphatic heterocycles. The second-order valence-electron chi connectivity index (χ2n) is 4.10. The molecule has 0 amide bonds. The van der Waals surface area contributed by atoms with E-state index in [-0.39, 0.29) is 0 Å². The second kappa shape index (κ2) is 2.50. The van der Waals surface area contributed by atoms with Crippen molar-refractivity contribution in [2.75, 3.05) is 0 Å². The van der Waals surface area contributed by atoms with Crippen LogP contribution in [-0.2, 0) is 4.74 Å². The Morgan fingerprint density at radius 1 is 1.31 bits per heavy atom. The van der Waals surface area contributed by atoms with E-state index in [0.717, 1.165) is 0 Å². The van der Waals surface area contributed by atoms with Crippen molar-refractivity contribution in [3.63, 3.8) is 0 Å². The zero-order valence-corrected chi connectivity index (χ0v) is 7.52. The van der Waals surface area contributed by atoms with Crippen LogP contribution in [0.25, 0.3) is 0 Å². The molecule has 2 bridgehead atoms. The fourth-order valence-corrected chi connectivity index (χ4v) is 3.05. The SMILES string of the molecule is [2H][C@]1(OC=C)C=C[C@@H]2[C@H]1[C@@H]1C=C[C@H]2C1. The molecule has 1 nitrogen and oxygen atoms in total. The molecule has 1 heteroatoms. The van der Waals surface area contributed by atoms with Crippen LogP contribution in [0, 0.1) is 23.7 Å². The van der Waals surface area contributed by atoms with E-state index in [1.165, 1.54) is 12.7 Å². The van der Waals surface area contributed by atoms with E-state index < -0.39 is 6.08 Å². The first-order valence-electron chi connectivity index (χ1n) is 5.41. The van der Waals surface area contributed by atoms with Crippen molar-refractivity contribution in [3.05, 3.63) is 37.1 Å². The number of fused-ring (bicyclic) bond motifs is 5. The predicted molar refractivity (Wildman–Crippen MR) is 51.9 cm³/mol. The number of hydrogen-bond donors (Lipinski definition) is 0. The van der Waals surface area contributed by atoms with Gasteiger partial charge in [-0.25, -0.2) is 0 Å². The smallest absolute Gasteiger partial charge is 0.120 e. The minimum Gasteiger partial charge on any atom is -0.494 e. The molecule has 13 heavy (non-hydrogen) atoms. The van der Waals surface area contributed by atoms with Gasteiger partial charge < -0.3 is 4.74 Å². The van der Waals surface area contributed by atoms with Gasteiger partial charge in [-0.05, 0) is 30.3 Å². The molecule has 1 saturated carbocycles. The normalized spacial score (nSPS) is 56.5. The maximum Gasteiger partial charge on any atom is 0.120 e. The lowest BCUT2D eigenvalue weighted by molar-refractivity contribution is 0.110. The van der Waals surface area contributed by atoms with Gasteiger partial charge in [-0.15, -0.1) is 0 Å². The van der Waals surface area contributed by atoms with Crippen molar-refractivity contribution in [1.29, 1.82) is 0 Å². The standard InChI is InChI=1S/C12H14O/c1-2-13-11-6-5-10-8-3-4-9(7-8)12(10)11/h2-6,8-12H,1,7H2/t8-,9+,10-,11-,12+/m0/s1/i11D. The highest BCUT2D eigenvalue weighted by Crippen LogP contribution is 2.53. The van der Waals surface area contributed by atoms with Gasteiger partial charge in [-0.1, -0.05) is 24.8 Å². The molecule has 68 valence electrons. The Bertz CT molecular complexity index is 333. The summed E-state index contributed by atoms with van der Waals surface area (Å²) in [5.41, 5.74) is 0. The van der Waals surface area contributed by atoms with E-state index >= 15 is 0 Å². The molecular weight excluding hydrogens is 160 g/mol. The molecule has 3 aliphatic rings. The summed E-state index contributed by atoms with van der Waals surface area (Å²) in [4.78, 5) is 0. The molecule has 0 unspecified atom stereocenters. The van der Waals surface area contributed by atoms with Crippen LogP contribution in [-0.4, -0.2) is 6.08 Å². The van der Waals surface area contributed by atoms with Crippen LogP contribution >= 0.6 is 0 Å². The fourth-order valence-electron chi connectivity index (χ4n) is 3.05. The molecule has 1 fully saturated rings. The van der Waals surface area contributed by atoms with Crippen molar-refractivity contribution in [2.45, 2.75) is 12.5 Å². The number of rotatable bonds is 2. The van der Waals surface area contributed by atoms with Crippen LogP contribution in [0.5, 0.6) is 0 Å². The van der Waals surface area contributed by atoms with Gasteiger partial charge in [0.15, 0.2) is 0 Å². The van der Waals surface area contributed by atoms with Crippen molar-refractivity contribution in [1.82, 2.24) is 0 Å². The van der Waals surface area contributed by atoms with Gasteiger partial charge in [-0.3, -0.25) is 0 Å². The van der Waals surface area contributed by atoms with Crippen LogP contribution in [0.4, 0.5) is 0 Å². The number of ether oxygens (including phenoxy) is 1. The van der Waals surface area contributed by atoms with Gasteiger partial charge >= 0.3 is 0 Å². The maximum atomic E-state index is 8.25. The van der Waals surface area contributed by atoms with Crippen molar-refractivity contribution >= 4 is 0 Å². The van der Waals surface area contributed by atoms with E-state index in [0.29, 0.717) is 23.7 Å². The average molecular weight is 175 g/mol. The highest BCUT2D eigenvalue weighted by molar-refractivity contribution is 5.25. The predicted octanol–water partition coefficient (Wildman–Crippen LogP) is 2.52. The molecule has 0 saturated heterocycles. The van der Waals surface area contributed by atoms with Crippen LogP contribution in [0.3, 0.4) is 0 Å². The third-order valence-electron chi connectivity index (χ3n) is 3.55. The molecule has 3 aliphatic carbocycles. The van der Waals surface area contributed by atoms with E-state index in [9.17, 15) is 0 Å². The van der Waals surface area contributed by atoms with Gasteiger partial charge in [0.2, 0.25) is 0 Å². The Morgan fingerprint density at radius 2 is 2.15 bits per heavy atom. The lowest BCUT2D eigenvalue weighted by Crippen LogP contribution is -2.25. The van der Waals surface area contributed by atoms with Crippen LogP contribution in [0.15, 0.2) is 37.1 Å². The topological polar surface area (TPSA) is 9.23 Å². The second-order valence-corrected chi connectivity index (χ2v) is 4.10. The molecule has 0 N–H and O–H groups in total. The van der Waals surface area contributed by atoms with E-state index in [4.69, 9.17) is 6.11 Å². The first kappa shape index (κ1) is 6.47. The lowest BCUT2D eigenvalue weighted by Gasteiger charge is -2.25. The maximum absolute atomic E-state index is 8.25. The molecule has 0 aromatic rings. The summed E-state index contributed by atoms with van der Waals surface area (Å²) in [6, 6.07) is 0. The summed E-state index contributed by atoms with van der Waals surface area (Å²) < 4.78 is 13.6. The summed E-state index contributed by atoms with van der Waals surface area (Å²) in [6.45, 7) is 3.55. The monoisotopic (exact) mass is 175 g/mol. The van der Waals surface area contributed by atoms with Gasteiger partial charge in [0, 0.05) is 5.92 Å². The molecular formula is C12H14O. The Balaban J connectivity index is 1.95. The highest BCUT2D eigenvalue weighted by atomic mass is 16.5. The van der Waals surface area contributed by atoms with Crippen molar-refractivity contribution in [3.8, 4) is 0 Å². The molecule has 0 radical (unpaired) electrons. The summed E-state index contributed by atoms with van der Waals surface area (Å²) in [7, 11) is 0. The van der Waals surface area contributed by atoms with E-state index in [1.54, 1.807) is 0 Å². The summed E-state index contributed by atoms with van der Waals surface area (Å²) in [5.74, 6) is 2.04. The Hall–Kier alpha value is -0.980. The van der Waals surface area contributed by atoms with Crippen molar-refractivity contribution in [2.24, 2.45) is 23.7 Å². The molecule has 5 atom stereocenters. The Labute approximate surface area is 80.2 Å². The third-order valence-corrected chi connectivity index (χ3v) is 3.55. The summed E-state index contributed by atoms with van der Waals surface area (Å²) in [5, 5.41) is 0. The first-order chi connectivity index (χ1) is 6.74. The number of allylic oxidation sites excluding steroid dienone is 3. The lowest BCUT2D eigenvalue weighted by atomic mass is 9.84. The summed E-state index contributed by atoms with van der Waals surface area (Å²) in [6.07, 6.45) is 10.4. The first-order valence-corrected chi connectivity index (χ1v) is 4.91. The largest absolute Gasteiger partial charge is 0.494 e. The van der Waals surface area contributed by atoms with Gasteiger partial charge in [0.25, 0.3) is 0 Å². The zero-order chi connectivity index (χ0) is 9.76. The highest BCUT2D eigenvalue weighted by Gasteiger charge is 2.49. The third kappa shape index (κ3) is 0.874. The van der Waals surface area contributed by atoms with E-state index in [2.05, 4.69) is 24.8 Å². The van der Waals surface area contributed by atoms with Gasteiger partial charge in [0.05, 0.1) is 7.63 Å². The minimum atomic E-state index is -0.851. The molecule has 0 aromatic carbocycles.